The number of carbonyl (C=O) groups is 1. The second-order valence-corrected chi connectivity index (χ2v) is 8.47. The number of fused-ring (bicyclic) bond motifs is 2. The first-order valence-corrected chi connectivity index (χ1v) is 12.2. The Balaban J connectivity index is 1.65. The molecule has 0 radical (unpaired) electrons. The van der Waals surface area contributed by atoms with E-state index in [9.17, 15) is 4.79 Å². The lowest BCUT2D eigenvalue weighted by atomic mass is 9.99. The molecule has 0 amide bonds. The first-order valence-electron chi connectivity index (χ1n) is 12.2. The molecule has 0 atom stereocenters. The number of esters is 1. The zero-order valence-electron chi connectivity index (χ0n) is 20.5. The number of rotatable bonds is 4. The summed E-state index contributed by atoms with van der Waals surface area (Å²) in [4.78, 5) is 13.1. The minimum absolute atomic E-state index is 0.0826. The van der Waals surface area contributed by atoms with Gasteiger partial charge in [-0.3, -0.25) is 0 Å². The van der Waals surface area contributed by atoms with Crippen molar-refractivity contribution in [1.29, 1.82) is 0 Å². The van der Waals surface area contributed by atoms with Crippen molar-refractivity contribution in [2.24, 2.45) is 0 Å². The molecule has 0 saturated carbocycles. The summed E-state index contributed by atoms with van der Waals surface area (Å²) in [6, 6.07) is 23.8. The summed E-state index contributed by atoms with van der Waals surface area (Å²) in [5, 5.41) is 0. The van der Waals surface area contributed by atoms with Crippen molar-refractivity contribution in [3.05, 3.63) is 84.4 Å². The monoisotopic (exact) mass is 492 g/mol. The van der Waals surface area contributed by atoms with Gasteiger partial charge in [-0.25, -0.2) is 4.79 Å². The molecule has 0 unspecified atom stereocenters. The molecule has 3 aromatic carbocycles. The van der Waals surface area contributed by atoms with Crippen molar-refractivity contribution < 1.29 is 33.2 Å². The maximum Gasteiger partial charge on any atom is 0.338 e. The molecule has 0 N–H and O–H groups in total. The topological polar surface area (TPSA) is 72.5 Å². The van der Waals surface area contributed by atoms with Crippen LogP contribution < -0.4 is 18.9 Å². The average Bonchev–Trinajstić information content (AvgIpc) is 2.91. The molecular formula is C29H32O7. The van der Waals surface area contributed by atoms with E-state index >= 15 is 0 Å². The summed E-state index contributed by atoms with van der Waals surface area (Å²) in [6.45, 7) is 3.74. The molecule has 0 aromatic heterocycles. The smallest absolute Gasteiger partial charge is 0.338 e. The predicted octanol–water partition coefficient (Wildman–Crippen LogP) is 5.33. The lowest BCUT2D eigenvalue weighted by Crippen LogP contribution is -2.46. The molecule has 1 aliphatic heterocycles. The Morgan fingerprint density at radius 3 is 1.67 bits per heavy atom. The Bertz CT molecular complexity index is 1040. The normalized spacial score (nSPS) is 16.0. The fraction of sp³-hybridized carbons (Fsp3) is 0.345. The van der Waals surface area contributed by atoms with Crippen molar-refractivity contribution in [3.8, 4) is 23.0 Å². The first kappa shape index (κ1) is 25.4. The third-order valence-corrected chi connectivity index (χ3v) is 5.67. The zero-order chi connectivity index (χ0) is 25.1. The van der Waals surface area contributed by atoms with E-state index in [4.69, 9.17) is 28.4 Å². The van der Waals surface area contributed by atoms with Crippen molar-refractivity contribution in [2.75, 3.05) is 39.6 Å². The van der Waals surface area contributed by atoms with Crippen LogP contribution in [0, 0.1) is 0 Å². The molecule has 0 aliphatic carbocycles. The molecule has 4 rings (SSSR count). The van der Waals surface area contributed by atoms with Crippen LogP contribution in [0.2, 0.25) is 0 Å². The highest BCUT2D eigenvalue weighted by molar-refractivity contribution is 5.89. The maximum absolute atomic E-state index is 13.1. The van der Waals surface area contributed by atoms with Crippen molar-refractivity contribution in [1.82, 2.24) is 0 Å². The second-order valence-electron chi connectivity index (χ2n) is 8.47. The summed E-state index contributed by atoms with van der Waals surface area (Å²) < 4.78 is 36.0. The van der Waals surface area contributed by atoms with Crippen LogP contribution in [-0.2, 0) is 9.47 Å². The van der Waals surface area contributed by atoms with Gasteiger partial charge in [-0.1, -0.05) is 55.8 Å². The molecule has 7 nitrogen and oxygen atoms in total. The number of carbonyl (C=O) groups excluding carboxylic acids is 1. The number of hydrogen-bond donors (Lipinski definition) is 0. The van der Waals surface area contributed by atoms with Crippen LogP contribution in [0.3, 0.4) is 0 Å². The lowest BCUT2D eigenvalue weighted by Gasteiger charge is -2.33. The SMILES string of the molecule is CCCC1(OC(=O)c2ccccc2)COc2ccccc2OCCOCCOc2ccccc2OC1. The van der Waals surface area contributed by atoms with E-state index in [1.807, 2.05) is 61.5 Å². The third kappa shape index (κ3) is 6.92. The molecule has 190 valence electrons. The fourth-order valence-electron chi connectivity index (χ4n) is 3.90. The molecule has 0 saturated heterocycles. The maximum atomic E-state index is 13.1. The molecule has 1 heterocycles. The van der Waals surface area contributed by atoms with E-state index < -0.39 is 11.6 Å². The zero-order valence-corrected chi connectivity index (χ0v) is 20.5. The molecule has 7 heteroatoms. The van der Waals surface area contributed by atoms with Crippen LogP contribution in [0.1, 0.15) is 30.1 Å². The standard InChI is InChI=1S/C29H32O7/c1-2-16-29(36-28(30)23-10-4-3-5-11-23)21-34-26-14-8-6-12-24(26)32-19-17-31-18-20-33-25-13-7-9-15-27(25)35-22-29/h3-15H,2,16-22H2,1H3. The highest BCUT2D eigenvalue weighted by Crippen LogP contribution is 2.32. The van der Waals surface area contributed by atoms with Gasteiger partial charge in [-0.05, 0) is 42.8 Å². The molecular weight excluding hydrogens is 460 g/mol. The van der Waals surface area contributed by atoms with Gasteiger partial charge >= 0.3 is 5.97 Å². The summed E-state index contributed by atoms with van der Waals surface area (Å²) in [5.74, 6) is 1.87. The summed E-state index contributed by atoms with van der Waals surface area (Å²) >= 11 is 0. The molecule has 0 fully saturated rings. The third-order valence-electron chi connectivity index (χ3n) is 5.67. The van der Waals surface area contributed by atoms with Crippen LogP contribution in [0.25, 0.3) is 0 Å². The molecule has 0 bridgehead atoms. The van der Waals surface area contributed by atoms with E-state index in [0.717, 1.165) is 6.42 Å². The van der Waals surface area contributed by atoms with Gasteiger partial charge in [0.05, 0.1) is 18.8 Å². The predicted molar refractivity (Wildman–Crippen MR) is 135 cm³/mol. The number of para-hydroxylation sites is 4. The van der Waals surface area contributed by atoms with Gasteiger partial charge in [0.15, 0.2) is 28.6 Å². The van der Waals surface area contributed by atoms with Crippen molar-refractivity contribution in [2.45, 2.75) is 25.4 Å². The van der Waals surface area contributed by atoms with Crippen LogP contribution in [0.15, 0.2) is 78.9 Å². The Morgan fingerprint density at radius 2 is 1.17 bits per heavy atom. The average molecular weight is 493 g/mol. The fourth-order valence-corrected chi connectivity index (χ4v) is 3.90. The molecule has 1 aliphatic rings. The Labute approximate surface area is 211 Å². The van der Waals surface area contributed by atoms with E-state index in [2.05, 4.69) is 0 Å². The molecule has 3 aromatic rings. The number of hydrogen-bond acceptors (Lipinski definition) is 7. The van der Waals surface area contributed by atoms with E-state index in [1.54, 1.807) is 24.3 Å². The minimum atomic E-state index is -1.05. The van der Waals surface area contributed by atoms with E-state index in [-0.39, 0.29) is 13.2 Å². The second kappa shape index (κ2) is 12.8. The summed E-state index contributed by atoms with van der Waals surface area (Å²) in [7, 11) is 0. The van der Waals surface area contributed by atoms with Gasteiger partial charge in [0.2, 0.25) is 0 Å². The number of benzene rings is 3. The summed E-state index contributed by atoms with van der Waals surface area (Å²) in [6.07, 6.45) is 1.29. The highest BCUT2D eigenvalue weighted by atomic mass is 16.6. The van der Waals surface area contributed by atoms with Crippen LogP contribution in [-0.4, -0.2) is 51.2 Å². The van der Waals surface area contributed by atoms with Gasteiger partial charge in [0.25, 0.3) is 0 Å². The van der Waals surface area contributed by atoms with Crippen LogP contribution in [0.4, 0.5) is 0 Å². The van der Waals surface area contributed by atoms with Gasteiger partial charge in [-0.15, -0.1) is 0 Å². The Hall–Kier alpha value is -3.71. The highest BCUT2D eigenvalue weighted by Gasteiger charge is 2.37. The summed E-state index contributed by atoms with van der Waals surface area (Å²) in [5.41, 5.74) is -0.588. The van der Waals surface area contributed by atoms with Gasteiger partial charge in [0, 0.05) is 0 Å². The van der Waals surface area contributed by atoms with Crippen LogP contribution >= 0.6 is 0 Å². The minimum Gasteiger partial charge on any atom is -0.487 e. The Kier molecular flexibility index (Phi) is 9.05. The van der Waals surface area contributed by atoms with Crippen molar-refractivity contribution >= 4 is 5.97 Å². The molecule has 36 heavy (non-hydrogen) atoms. The first-order chi connectivity index (χ1) is 17.7. The van der Waals surface area contributed by atoms with Crippen LogP contribution in [0.5, 0.6) is 23.0 Å². The van der Waals surface area contributed by atoms with Gasteiger partial charge in [0.1, 0.15) is 26.4 Å². The van der Waals surface area contributed by atoms with Gasteiger partial charge < -0.3 is 28.4 Å². The lowest BCUT2D eigenvalue weighted by molar-refractivity contribution is -0.0696. The number of ether oxygens (including phenoxy) is 6. The largest absolute Gasteiger partial charge is 0.487 e. The van der Waals surface area contributed by atoms with Crippen molar-refractivity contribution in [3.63, 3.8) is 0 Å². The van der Waals surface area contributed by atoms with E-state index in [1.165, 1.54) is 0 Å². The van der Waals surface area contributed by atoms with E-state index in [0.29, 0.717) is 61.4 Å². The van der Waals surface area contributed by atoms with Gasteiger partial charge in [-0.2, -0.15) is 0 Å². The quantitative estimate of drug-likeness (QED) is 0.456. The Morgan fingerprint density at radius 1 is 0.694 bits per heavy atom. The molecule has 0 spiro atoms.